The maximum absolute atomic E-state index is 13.1. The first-order chi connectivity index (χ1) is 17.4. The molecule has 1 aromatic carbocycles. The zero-order valence-electron chi connectivity index (χ0n) is 20.8. The Balaban J connectivity index is 1.14. The first-order valence-corrected chi connectivity index (χ1v) is 13.4. The summed E-state index contributed by atoms with van der Waals surface area (Å²) < 4.78 is 0. The van der Waals surface area contributed by atoms with Gasteiger partial charge >= 0.3 is 12.0 Å². The molecular weight excluding hydrogens is 460 g/mol. The van der Waals surface area contributed by atoms with Crippen molar-refractivity contribution in [2.24, 2.45) is 11.8 Å². The second kappa shape index (κ2) is 10.6. The molecule has 2 atom stereocenters. The summed E-state index contributed by atoms with van der Waals surface area (Å²) in [4.78, 5) is 55.0. The number of benzene rings is 1. The predicted octanol–water partition coefficient (Wildman–Crippen LogP) is 1.67. The van der Waals surface area contributed by atoms with Gasteiger partial charge in [0.2, 0.25) is 11.8 Å². The first kappa shape index (κ1) is 24.7. The summed E-state index contributed by atoms with van der Waals surface area (Å²) in [7, 11) is 0. The SMILES string of the molecule is O=C(O)[C@@H]1[C@@H](CC2CCNCC2)C(=O)N1C(=O)N1CCN(C(=O)Cc2ccc3c(c2)CCCC3)CC1. The van der Waals surface area contributed by atoms with Crippen LogP contribution in [0.2, 0.25) is 0 Å². The molecule has 0 bridgehead atoms. The number of hydrogen-bond acceptors (Lipinski definition) is 5. The highest BCUT2D eigenvalue weighted by molar-refractivity contribution is 6.07. The molecule has 4 amide bonds. The molecule has 3 saturated heterocycles. The summed E-state index contributed by atoms with van der Waals surface area (Å²) in [5.74, 6) is -1.79. The van der Waals surface area contributed by atoms with Crippen LogP contribution in [0, 0.1) is 11.8 Å². The van der Waals surface area contributed by atoms with Crippen LogP contribution in [0.3, 0.4) is 0 Å². The zero-order chi connectivity index (χ0) is 25.2. The summed E-state index contributed by atoms with van der Waals surface area (Å²) in [5, 5.41) is 13.0. The molecule has 3 heterocycles. The number of piperidine rings is 1. The van der Waals surface area contributed by atoms with Crippen molar-refractivity contribution in [2.75, 3.05) is 39.3 Å². The van der Waals surface area contributed by atoms with Crippen LogP contribution >= 0.6 is 0 Å². The highest BCUT2D eigenvalue weighted by atomic mass is 16.4. The average Bonchev–Trinajstić information content (AvgIpc) is 2.90. The van der Waals surface area contributed by atoms with Crippen molar-refractivity contribution in [2.45, 2.75) is 57.4 Å². The van der Waals surface area contributed by atoms with E-state index >= 15 is 0 Å². The molecule has 9 nitrogen and oxygen atoms in total. The largest absolute Gasteiger partial charge is 0.480 e. The third-order valence-corrected chi connectivity index (χ3v) is 8.39. The monoisotopic (exact) mass is 496 g/mol. The number of urea groups is 1. The zero-order valence-corrected chi connectivity index (χ0v) is 20.8. The molecule has 2 N–H and O–H groups in total. The molecule has 4 aliphatic rings. The van der Waals surface area contributed by atoms with Crippen molar-refractivity contribution in [1.82, 2.24) is 20.0 Å². The Labute approximate surface area is 211 Å². The van der Waals surface area contributed by atoms with E-state index in [2.05, 4.69) is 17.4 Å². The van der Waals surface area contributed by atoms with Crippen molar-refractivity contribution in [3.05, 3.63) is 34.9 Å². The molecule has 36 heavy (non-hydrogen) atoms. The van der Waals surface area contributed by atoms with E-state index in [-0.39, 0.29) is 11.8 Å². The van der Waals surface area contributed by atoms with Gasteiger partial charge in [0, 0.05) is 26.2 Å². The molecule has 0 unspecified atom stereocenters. The fourth-order valence-electron chi connectivity index (χ4n) is 6.23. The maximum Gasteiger partial charge on any atom is 0.327 e. The quantitative estimate of drug-likeness (QED) is 0.600. The lowest BCUT2D eigenvalue weighted by Gasteiger charge is -2.47. The van der Waals surface area contributed by atoms with Crippen molar-refractivity contribution in [1.29, 1.82) is 0 Å². The number of nitrogens with one attached hydrogen (secondary N) is 1. The van der Waals surface area contributed by atoms with Gasteiger partial charge in [-0.3, -0.25) is 9.59 Å². The first-order valence-electron chi connectivity index (χ1n) is 13.4. The van der Waals surface area contributed by atoms with Crippen molar-refractivity contribution < 1.29 is 24.3 Å². The van der Waals surface area contributed by atoms with Gasteiger partial charge in [-0.05, 0) is 80.6 Å². The lowest BCUT2D eigenvalue weighted by Crippen LogP contribution is -2.69. The summed E-state index contributed by atoms with van der Waals surface area (Å²) >= 11 is 0. The topological polar surface area (TPSA) is 110 Å². The standard InChI is InChI=1S/C27H36N4O5/c32-23(17-19-5-6-20-3-1-2-4-21(20)15-19)29-11-13-30(14-12-29)27(36)31-24(26(34)35)22(25(31)33)16-18-7-9-28-10-8-18/h5-6,15,18,22,24,28H,1-4,7-14,16-17H2,(H,34,35)/t22-,24+/m1/s1. The van der Waals surface area contributed by atoms with Crippen molar-refractivity contribution >= 4 is 23.8 Å². The van der Waals surface area contributed by atoms with Crippen LogP contribution in [0.1, 0.15) is 48.8 Å². The number of aryl methyl sites for hydroxylation is 2. The van der Waals surface area contributed by atoms with Gasteiger partial charge in [-0.2, -0.15) is 0 Å². The number of amides is 4. The van der Waals surface area contributed by atoms with Gasteiger partial charge < -0.3 is 20.2 Å². The van der Waals surface area contributed by atoms with Gasteiger partial charge in [-0.25, -0.2) is 14.5 Å². The van der Waals surface area contributed by atoms with Gasteiger partial charge in [0.05, 0.1) is 12.3 Å². The van der Waals surface area contributed by atoms with Gasteiger partial charge in [-0.15, -0.1) is 0 Å². The second-order valence-electron chi connectivity index (χ2n) is 10.7. The van der Waals surface area contributed by atoms with Crippen LogP contribution in [0.15, 0.2) is 18.2 Å². The number of fused-ring (bicyclic) bond motifs is 1. The normalized spacial score (nSPS) is 24.8. The van der Waals surface area contributed by atoms with Crippen LogP contribution in [-0.4, -0.2) is 88.9 Å². The fourth-order valence-corrected chi connectivity index (χ4v) is 6.23. The van der Waals surface area contributed by atoms with Crippen LogP contribution in [-0.2, 0) is 33.6 Å². The third-order valence-electron chi connectivity index (χ3n) is 8.39. The molecule has 0 radical (unpaired) electrons. The number of nitrogens with zero attached hydrogens (tertiary/aromatic N) is 3. The molecule has 0 spiro atoms. The van der Waals surface area contributed by atoms with Gasteiger partial charge in [0.25, 0.3) is 0 Å². The maximum atomic E-state index is 13.1. The lowest BCUT2D eigenvalue weighted by molar-refractivity contribution is -0.167. The lowest BCUT2D eigenvalue weighted by atomic mass is 9.78. The van der Waals surface area contributed by atoms with Gasteiger partial charge in [0.15, 0.2) is 6.04 Å². The van der Waals surface area contributed by atoms with E-state index in [1.165, 1.54) is 28.9 Å². The second-order valence-corrected chi connectivity index (χ2v) is 10.7. The summed E-state index contributed by atoms with van der Waals surface area (Å²) in [6, 6.07) is 4.71. The molecule has 3 fully saturated rings. The number of carbonyl (C=O) groups excluding carboxylic acids is 3. The summed E-state index contributed by atoms with van der Waals surface area (Å²) in [5.41, 5.74) is 3.77. The van der Waals surface area contributed by atoms with Gasteiger partial charge in [-0.1, -0.05) is 18.2 Å². The van der Waals surface area contributed by atoms with Crippen LogP contribution < -0.4 is 5.32 Å². The molecule has 9 heteroatoms. The number of rotatable bonds is 5. The number of piperazine rings is 1. The van der Waals surface area contributed by atoms with Gasteiger partial charge in [0.1, 0.15) is 0 Å². The number of hydrogen-bond donors (Lipinski definition) is 2. The van der Waals surface area contributed by atoms with Crippen LogP contribution in [0.25, 0.3) is 0 Å². The Hall–Kier alpha value is -2.94. The molecule has 3 aliphatic heterocycles. The Bertz CT molecular complexity index is 1030. The molecule has 5 rings (SSSR count). The number of carbonyl (C=O) groups is 4. The Morgan fingerprint density at radius 1 is 0.944 bits per heavy atom. The number of carboxylic acids is 1. The number of carboxylic acid groups (broad SMARTS) is 1. The average molecular weight is 497 g/mol. The smallest absolute Gasteiger partial charge is 0.327 e. The van der Waals surface area contributed by atoms with E-state index in [4.69, 9.17) is 0 Å². The number of imide groups is 1. The van der Waals surface area contributed by atoms with Crippen molar-refractivity contribution in [3.8, 4) is 0 Å². The summed E-state index contributed by atoms with van der Waals surface area (Å²) in [6.45, 7) is 3.11. The van der Waals surface area contributed by atoms with E-state index in [1.807, 2.05) is 6.07 Å². The molecule has 194 valence electrons. The highest BCUT2D eigenvalue weighted by Gasteiger charge is 2.56. The van der Waals surface area contributed by atoms with E-state index in [0.717, 1.165) is 49.2 Å². The third kappa shape index (κ3) is 4.98. The van der Waals surface area contributed by atoms with E-state index in [0.29, 0.717) is 44.9 Å². The van der Waals surface area contributed by atoms with E-state index in [1.54, 1.807) is 4.90 Å². The number of aliphatic carboxylic acids is 1. The minimum atomic E-state index is -1.12. The number of β-lactam (4-membered cyclic amide) rings is 1. The van der Waals surface area contributed by atoms with Crippen molar-refractivity contribution in [3.63, 3.8) is 0 Å². The molecule has 0 aromatic heterocycles. The minimum Gasteiger partial charge on any atom is -0.480 e. The van der Waals surface area contributed by atoms with E-state index < -0.39 is 24.0 Å². The summed E-state index contributed by atoms with van der Waals surface area (Å²) in [6.07, 6.45) is 7.31. The molecule has 1 aliphatic carbocycles. The number of likely N-dealkylation sites (tertiary alicyclic amines) is 1. The van der Waals surface area contributed by atoms with E-state index in [9.17, 15) is 24.3 Å². The Morgan fingerprint density at radius 3 is 2.31 bits per heavy atom. The van der Waals surface area contributed by atoms with Crippen LogP contribution in [0.4, 0.5) is 4.79 Å². The predicted molar refractivity (Wildman–Crippen MR) is 132 cm³/mol. The highest BCUT2D eigenvalue weighted by Crippen LogP contribution is 2.35. The molecule has 0 saturated carbocycles. The molecular formula is C27H36N4O5. The fraction of sp³-hybridized carbons (Fsp3) is 0.630. The Morgan fingerprint density at radius 2 is 1.61 bits per heavy atom. The molecule has 1 aromatic rings. The minimum absolute atomic E-state index is 0.0309. The Kier molecular flexibility index (Phi) is 7.27. The van der Waals surface area contributed by atoms with Crippen LogP contribution in [0.5, 0.6) is 0 Å².